The minimum Gasteiger partial charge on any atom is -0.487 e. The molecular formula is C14H12Cl2O2. The highest BCUT2D eigenvalue weighted by molar-refractivity contribution is 6.32. The minimum absolute atomic E-state index is 0.106. The maximum Gasteiger partial charge on any atom is 0.143 e. The Morgan fingerprint density at radius 3 is 2.56 bits per heavy atom. The molecule has 0 aliphatic carbocycles. The van der Waals surface area contributed by atoms with E-state index < -0.39 is 0 Å². The molecule has 4 heteroatoms. The molecule has 0 saturated carbocycles. The molecule has 2 rings (SSSR count). The maximum atomic E-state index is 9.22. The smallest absolute Gasteiger partial charge is 0.143 e. The van der Waals surface area contributed by atoms with E-state index in [0.29, 0.717) is 28.0 Å². The first-order chi connectivity index (χ1) is 8.70. The van der Waals surface area contributed by atoms with Crippen LogP contribution in [-0.2, 0) is 13.2 Å². The summed E-state index contributed by atoms with van der Waals surface area (Å²) >= 11 is 11.9. The molecule has 0 spiro atoms. The molecule has 0 radical (unpaired) electrons. The maximum absolute atomic E-state index is 9.22. The first kappa shape index (κ1) is 13.2. The minimum atomic E-state index is -0.106. The Labute approximate surface area is 116 Å². The van der Waals surface area contributed by atoms with Gasteiger partial charge in [0.25, 0.3) is 0 Å². The van der Waals surface area contributed by atoms with Crippen LogP contribution in [0.3, 0.4) is 0 Å². The average Bonchev–Trinajstić information content (AvgIpc) is 2.37. The van der Waals surface area contributed by atoms with E-state index in [0.717, 1.165) is 5.56 Å². The van der Waals surface area contributed by atoms with Crippen LogP contribution in [0, 0.1) is 0 Å². The number of ether oxygens (including phenoxy) is 1. The topological polar surface area (TPSA) is 29.5 Å². The molecule has 0 aliphatic heterocycles. The molecule has 0 heterocycles. The fourth-order valence-corrected chi connectivity index (χ4v) is 2.08. The van der Waals surface area contributed by atoms with Crippen LogP contribution in [0.15, 0.2) is 42.5 Å². The van der Waals surface area contributed by atoms with E-state index in [1.165, 1.54) is 0 Å². The number of hydrogen-bond donors (Lipinski definition) is 1. The van der Waals surface area contributed by atoms with Gasteiger partial charge in [-0.3, -0.25) is 0 Å². The largest absolute Gasteiger partial charge is 0.487 e. The van der Waals surface area contributed by atoms with Crippen LogP contribution in [0.25, 0.3) is 0 Å². The van der Waals surface area contributed by atoms with Crippen molar-refractivity contribution in [2.45, 2.75) is 13.2 Å². The Hall–Kier alpha value is -1.22. The lowest BCUT2D eigenvalue weighted by molar-refractivity contribution is 0.259. The van der Waals surface area contributed by atoms with Gasteiger partial charge in [-0.15, -0.1) is 0 Å². The second-order valence-corrected chi connectivity index (χ2v) is 4.65. The molecular weight excluding hydrogens is 271 g/mol. The van der Waals surface area contributed by atoms with E-state index >= 15 is 0 Å². The third kappa shape index (κ3) is 3.16. The quantitative estimate of drug-likeness (QED) is 0.916. The molecule has 0 atom stereocenters. The number of hydrogen-bond acceptors (Lipinski definition) is 2. The Balaban J connectivity index is 2.15. The highest BCUT2D eigenvalue weighted by Crippen LogP contribution is 2.29. The molecule has 94 valence electrons. The van der Waals surface area contributed by atoms with Gasteiger partial charge in [0.15, 0.2) is 0 Å². The van der Waals surface area contributed by atoms with Crippen LogP contribution >= 0.6 is 23.2 Å². The van der Waals surface area contributed by atoms with Gasteiger partial charge >= 0.3 is 0 Å². The van der Waals surface area contributed by atoms with Crippen molar-refractivity contribution < 1.29 is 9.84 Å². The van der Waals surface area contributed by atoms with Crippen LogP contribution in [0.2, 0.25) is 10.0 Å². The normalized spacial score (nSPS) is 10.4. The van der Waals surface area contributed by atoms with Crippen molar-refractivity contribution in [2.24, 2.45) is 0 Å². The van der Waals surface area contributed by atoms with Gasteiger partial charge in [0, 0.05) is 10.6 Å². The molecule has 2 nitrogen and oxygen atoms in total. The third-order valence-corrected chi connectivity index (χ3v) is 3.02. The number of benzene rings is 2. The van der Waals surface area contributed by atoms with Gasteiger partial charge in [0.1, 0.15) is 12.4 Å². The van der Waals surface area contributed by atoms with Crippen molar-refractivity contribution in [3.8, 4) is 5.75 Å². The number of halogens is 2. The molecule has 0 bridgehead atoms. The van der Waals surface area contributed by atoms with Gasteiger partial charge in [-0.2, -0.15) is 0 Å². The Morgan fingerprint density at radius 2 is 1.83 bits per heavy atom. The first-order valence-corrected chi connectivity index (χ1v) is 6.22. The fourth-order valence-electron chi connectivity index (χ4n) is 1.62. The van der Waals surface area contributed by atoms with Crippen LogP contribution in [-0.4, -0.2) is 5.11 Å². The molecule has 0 amide bonds. The van der Waals surface area contributed by atoms with E-state index in [9.17, 15) is 5.11 Å². The number of aliphatic hydroxyl groups is 1. The van der Waals surface area contributed by atoms with Gasteiger partial charge in [-0.1, -0.05) is 47.5 Å². The number of para-hydroxylation sites is 1. The summed E-state index contributed by atoms with van der Waals surface area (Å²) in [5.41, 5.74) is 1.62. The summed E-state index contributed by atoms with van der Waals surface area (Å²) in [6.07, 6.45) is 0. The Kier molecular flexibility index (Phi) is 4.48. The van der Waals surface area contributed by atoms with E-state index in [2.05, 4.69) is 0 Å². The molecule has 1 N–H and O–H groups in total. The standard InChI is InChI=1S/C14H12Cl2O2/c15-12-5-1-3-10(7-12)9-18-14-11(8-17)4-2-6-13(14)16/h1-7,17H,8-9H2. The summed E-state index contributed by atoms with van der Waals surface area (Å²) < 4.78 is 5.65. The number of rotatable bonds is 4. The highest BCUT2D eigenvalue weighted by atomic mass is 35.5. The lowest BCUT2D eigenvalue weighted by Crippen LogP contribution is -1.99. The molecule has 0 unspecified atom stereocenters. The predicted octanol–water partition coefficient (Wildman–Crippen LogP) is 4.06. The van der Waals surface area contributed by atoms with Crippen molar-refractivity contribution in [2.75, 3.05) is 0 Å². The van der Waals surface area contributed by atoms with Gasteiger partial charge < -0.3 is 9.84 Å². The van der Waals surface area contributed by atoms with Crippen LogP contribution in [0.5, 0.6) is 5.75 Å². The monoisotopic (exact) mass is 282 g/mol. The SMILES string of the molecule is OCc1cccc(Cl)c1OCc1cccc(Cl)c1. The van der Waals surface area contributed by atoms with Crippen molar-refractivity contribution >= 4 is 23.2 Å². The predicted molar refractivity (Wildman–Crippen MR) is 73.2 cm³/mol. The molecule has 0 aliphatic rings. The molecule has 2 aromatic carbocycles. The van der Waals surface area contributed by atoms with Gasteiger partial charge in [-0.25, -0.2) is 0 Å². The van der Waals surface area contributed by atoms with E-state index in [4.69, 9.17) is 27.9 Å². The molecule has 2 aromatic rings. The second-order valence-electron chi connectivity index (χ2n) is 3.80. The van der Waals surface area contributed by atoms with Gasteiger partial charge in [0.05, 0.1) is 11.6 Å². The van der Waals surface area contributed by atoms with Crippen molar-refractivity contribution in [1.82, 2.24) is 0 Å². The zero-order valence-electron chi connectivity index (χ0n) is 9.57. The summed E-state index contributed by atoms with van der Waals surface area (Å²) in [5, 5.41) is 10.4. The Bertz CT molecular complexity index is 541. The van der Waals surface area contributed by atoms with Crippen molar-refractivity contribution in [1.29, 1.82) is 0 Å². The van der Waals surface area contributed by atoms with Crippen LogP contribution < -0.4 is 4.74 Å². The third-order valence-electron chi connectivity index (χ3n) is 2.49. The lowest BCUT2D eigenvalue weighted by atomic mass is 10.2. The highest BCUT2D eigenvalue weighted by Gasteiger charge is 2.07. The zero-order valence-corrected chi connectivity index (χ0v) is 11.1. The van der Waals surface area contributed by atoms with Crippen molar-refractivity contribution in [3.63, 3.8) is 0 Å². The van der Waals surface area contributed by atoms with E-state index in [1.807, 2.05) is 18.2 Å². The average molecular weight is 283 g/mol. The van der Waals surface area contributed by atoms with Crippen molar-refractivity contribution in [3.05, 3.63) is 63.6 Å². The molecule has 18 heavy (non-hydrogen) atoms. The van der Waals surface area contributed by atoms with Gasteiger partial charge in [-0.05, 0) is 23.8 Å². The van der Waals surface area contributed by atoms with Crippen LogP contribution in [0.4, 0.5) is 0 Å². The van der Waals surface area contributed by atoms with Gasteiger partial charge in [0.2, 0.25) is 0 Å². The zero-order chi connectivity index (χ0) is 13.0. The molecule has 0 aromatic heterocycles. The summed E-state index contributed by atoms with van der Waals surface area (Å²) in [5.74, 6) is 0.515. The summed E-state index contributed by atoms with van der Waals surface area (Å²) in [7, 11) is 0. The summed E-state index contributed by atoms with van der Waals surface area (Å²) in [6, 6.07) is 12.7. The molecule has 0 saturated heterocycles. The first-order valence-electron chi connectivity index (χ1n) is 5.46. The second kappa shape index (κ2) is 6.10. The summed E-state index contributed by atoms with van der Waals surface area (Å²) in [6.45, 7) is 0.253. The lowest BCUT2D eigenvalue weighted by Gasteiger charge is -2.11. The summed E-state index contributed by atoms with van der Waals surface area (Å²) in [4.78, 5) is 0. The molecule has 0 fully saturated rings. The van der Waals surface area contributed by atoms with E-state index in [-0.39, 0.29) is 6.61 Å². The fraction of sp³-hybridized carbons (Fsp3) is 0.143. The Morgan fingerprint density at radius 1 is 1.06 bits per heavy atom. The number of aliphatic hydroxyl groups excluding tert-OH is 1. The van der Waals surface area contributed by atoms with E-state index in [1.54, 1.807) is 24.3 Å². The van der Waals surface area contributed by atoms with Crippen LogP contribution in [0.1, 0.15) is 11.1 Å².